The Hall–Kier alpha value is -3.25. The minimum Gasteiger partial charge on any atom is -0.505 e. The van der Waals surface area contributed by atoms with Crippen LogP contribution in [-0.4, -0.2) is 21.8 Å². The molecule has 0 bridgehead atoms. The minimum absolute atomic E-state index is 0.0430. The van der Waals surface area contributed by atoms with Gasteiger partial charge in [0.2, 0.25) is 0 Å². The zero-order valence-electron chi connectivity index (χ0n) is 14.2. The number of pyridine rings is 1. The fourth-order valence-electron chi connectivity index (χ4n) is 3.11. The first kappa shape index (κ1) is 17.2. The number of fused-ring (bicyclic) bond motifs is 1. The van der Waals surface area contributed by atoms with Gasteiger partial charge in [0.05, 0.1) is 23.9 Å². The van der Waals surface area contributed by atoms with Crippen molar-refractivity contribution in [3.63, 3.8) is 0 Å². The van der Waals surface area contributed by atoms with E-state index in [4.69, 9.17) is 16.3 Å². The third kappa shape index (κ3) is 2.84. The van der Waals surface area contributed by atoms with Crippen LogP contribution in [0.4, 0.5) is 4.39 Å². The summed E-state index contributed by atoms with van der Waals surface area (Å²) in [5.41, 5.74) is 1.32. The Morgan fingerprint density at radius 1 is 1.15 bits per heavy atom. The van der Waals surface area contributed by atoms with E-state index in [0.29, 0.717) is 33.2 Å². The molecule has 0 radical (unpaired) electrons. The van der Waals surface area contributed by atoms with Gasteiger partial charge in [-0.2, -0.15) is 0 Å². The molecule has 0 aliphatic carbocycles. The van der Waals surface area contributed by atoms with Crippen molar-refractivity contribution in [3.8, 4) is 28.3 Å². The Labute approximate surface area is 158 Å². The zero-order valence-corrected chi connectivity index (χ0v) is 14.9. The molecule has 136 valence electrons. The summed E-state index contributed by atoms with van der Waals surface area (Å²) >= 11 is 6.38. The Bertz CT molecular complexity index is 1210. The molecular formula is C20H14ClFN2O3. The largest absolute Gasteiger partial charge is 0.505 e. The first-order valence-electron chi connectivity index (χ1n) is 8.06. The van der Waals surface area contributed by atoms with E-state index in [1.54, 1.807) is 42.0 Å². The molecule has 0 aliphatic rings. The molecule has 2 N–H and O–H groups in total. The fraction of sp³-hybridized carbons (Fsp3) is 0.0500. The number of methoxy groups -OCH3 is 1. The number of nitrogens with one attached hydrogen (secondary N) is 1. The molecule has 0 amide bonds. The maximum absolute atomic E-state index is 13.2. The van der Waals surface area contributed by atoms with Crippen LogP contribution in [0, 0.1) is 5.82 Å². The van der Waals surface area contributed by atoms with E-state index >= 15 is 0 Å². The van der Waals surface area contributed by atoms with Crippen LogP contribution in [0.25, 0.3) is 27.8 Å². The number of nitrogens with zero attached hydrogens (tertiary/aromatic N) is 1. The molecule has 0 aliphatic heterocycles. The van der Waals surface area contributed by atoms with Crippen LogP contribution >= 0.6 is 11.6 Å². The average molecular weight is 385 g/mol. The first-order valence-corrected chi connectivity index (χ1v) is 8.44. The highest BCUT2D eigenvalue weighted by atomic mass is 35.5. The molecule has 27 heavy (non-hydrogen) atoms. The first-order chi connectivity index (χ1) is 13.0. The highest BCUT2D eigenvalue weighted by Crippen LogP contribution is 2.37. The number of rotatable bonds is 3. The number of halogens is 2. The van der Waals surface area contributed by atoms with Gasteiger partial charge in [0, 0.05) is 6.07 Å². The van der Waals surface area contributed by atoms with Gasteiger partial charge in [0.25, 0.3) is 5.56 Å². The van der Waals surface area contributed by atoms with Crippen LogP contribution in [0.1, 0.15) is 0 Å². The van der Waals surface area contributed by atoms with Crippen molar-refractivity contribution in [1.82, 2.24) is 9.55 Å². The predicted octanol–water partition coefficient (Wildman–Crippen LogP) is 4.49. The second kappa shape index (κ2) is 6.48. The molecule has 0 atom stereocenters. The summed E-state index contributed by atoms with van der Waals surface area (Å²) < 4.78 is 20.1. The molecule has 2 aromatic heterocycles. The number of ether oxygens (including phenoxy) is 1. The Kier molecular flexibility index (Phi) is 4.12. The number of hydrogen-bond acceptors (Lipinski definition) is 3. The van der Waals surface area contributed by atoms with Crippen LogP contribution in [0.5, 0.6) is 11.5 Å². The van der Waals surface area contributed by atoms with Gasteiger partial charge in [-0.25, -0.2) is 4.39 Å². The lowest BCUT2D eigenvalue weighted by molar-refractivity contribution is 0.414. The maximum atomic E-state index is 13.2. The highest BCUT2D eigenvalue weighted by molar-refractivity contribution is 6.31. The van der Waals surface area contributed by atoms with E-state index in [1.165, 1.54) is 24.3 Å². The van der Waals surface area contributed by atoms with Crippen LogP contribution in [-0.2, 0) is 0 Å². The lowest BCUT2D eigenvalue weighted by atomic mass is 10.1. The van der Waals surface area contributed by atoms with Crippen molar-refractivity contribution in [2.45, 2.75) is 0 Å². The van der Waals surface area contributed by atoms with E-state index in [2.05, 4.69) is 4.98 Å². The molecule has 4 rings (SSSR count). The molecule has 2 aromatic carbocycles. The molecule has 0 spiro atoms. The molecule has 0 saturated carbocycles. The van der Waals surface area contributed by atoms with E-state index < -0.39 is 11.4 Å². The van der Waals surface area contributed by atoms with Gasteiger partial charge in [0.15, 0.2) is 5.75 Å². The second-order valence-corrected chi connectivity index (χ2v) is 6.34. The maximum Gasteiger partial charge on any atom is 0.260 e. The normalized spacial score (nSPS) is 11.1. The van der Waals surface area contributed by atoms with Crippen LogP contribution in [0.15, 0.2) is 59.4 Å². The number of aromatic hydroxyl groups is 1. The van der Waals surface area contributed by atoms with E-state index in [-0.39, 0.29) is 11.3 Å². The van der Waals surface area contributed by atoms with E-state index in [9.17, 15) is 14.3 Å². The summed E-state index contributed by atoms with van der Waals surface area (Å²) in [6.45, 7) is 0. The van der Waals surface area contributed by atoms with Gasteiger partial charge in [-0.3, -0.25) is 9.36 Å². The van der Waals surface area contributed by atoms with Crippen molar-refractivity contribution in [1.29, 1.82) is 0 Å². The minimum atomic E-state index is -0.494. The molecule has 0 unspecified atom stereocenters. The Morgan fingerprint density at radius 3 is 2.59 bits per heavy atom. The number of H-pyrrole nitrogens is 1. The summed E-state index contributed by atoms with van der Waals surface area (Å²) in [6.07, 6.45) is 0. The SMILES string of the molecule is COc1cccc(-n2c(Cl)cc3[nH]c(=O)c(-c4ccc(F)cc4)c(O)c32)c1. The van der Waals surface area contributed by atoms with Gasteiger partial charge >= 0.3 is 0 Å². The van der Waals surface area contributed by atoms with Crippen LogP contribution in [0.2, 0.25) is 5.15 Å². The number of hydrogen-bond donors (Lipinski definition) is 2. The second-order valence-electron chi connectivity index (χ2n) is 5.95. The van der Waals surface area contributed by atoms with Crippen LogP contribution < -0.4 is 10.3 Å². The van der Waals surface area contributed by atoms with Gasteiger partial charge in [-0.1, -0.05) is 29.8 Å². The van der Waals surface area contributed by atoms with Crippen molar-refractivity contribution in [2.24, 2.45) is 0 Å². The standard InChI is InChI=1S/C20H14ClFN2O3/c1-27-14-4-2-3-13(9-14)24-16(21)10-15-18(24)19(25)17(20(26)23-15)11-5-7-12(22)8-6-11/h2-10H,1H3,(H2,23,25,26). The zero-order chi connectivity index (χ0) is 19.1. The summed E-state index contributed by atoms with van der Waals surface area (Å²) in [7, 11) is 1.55. The quantitative estimate of drug-likeness (QED) is 0.546. The van der Waals surface area contributed by atoms with E-state index in [1.807, 2.05) is 0 Å². The van der Waals surface area contributed by atoms with Crippen molar-refractivity contribution >= 4 is 22.6 Å². The van der Waals surface area contributed by atoms with Crippen molar-refractivity contribution < 1.29 is 14.2 Å². The lowest BCUT2D eigenvalue weighted by Crippen LogP contribution is -2.09. The highest BCUT2D eigenvalue weighted by Gasteiger charge is 2.20. The van der Waals surface area contributed by atoms with Crippen molar-refractivity contribution in [3.05, 3.63) is 75.9 Å². The summed E-state index contributed by atoms with van der Waals surface area (Å²) in [5, 5.41) is 11.2. The third-order valence-corrected chi connectivity index (χ3v) is 4.61. The smallest absolute Gasteiger partial charge is 0.260 e. The summed E-state index contributed by atoms with van der Waals surface area (Å²) in [6, 6.07) is 14.0. The number of aromatic amines is 1. The molecule has 5 nitrogen and oxygen atoms in total. The van der Waals surface area contributed by atoms with Crippen LogP contribution in [0.3, 0.4) is 0 Å². The predicted molar refractivity (Wildman–Crippen MR) is 103 cm³/mol. The molecule has 4 aromatic rings. The molecule has 7 heteroatoms. The van der Waals surface area contributed by atoms with E-state index in [0.717, 1.165) is 0 Å². The number of aromatic nitrogens is 2. The summed E-state index contributed by atoms with van der Waals surface area (Å²) in [4.78, 5) is 15.2. The Balaban J connectivity index is 2.04. The molecule has 2 heterocycles. The molecule has 0 saturated heterocycles. The monoisotopic (exact) mass is 384 g/mol. The third-order valence-electron chi connectivity index (χ3n) is 4.34. The van der Waals surface area contributed by atoms with Gasteiger partial charge in [-0.15, -0.1) is 0 Å². The Morgan fingerprint density at radius 2 is 1.89 bits per heavy atom. The molecular weight excluding hydrogens is 371 g/mol. The average Bonchev–Trinajstić information content (AvgIpc) is 2.99. The van der Waals surface area contributed by atoms with Gasteiger partial charge < -0.3 is 14.8 Å². The fourth-order valence-corrected chi connectivity index (χ4v) is 3.40. The van der Waals surface area contributed by atoms with Gasteiger partial charge in [0.1, 0.15) is 22.2 Å². The lowest BCUT2D eigenvalue weighted by Gasteiger charge is -2.12. The van der Waals surface area contributed by atoms with Crippen molar-refractivity contribution in [2.75, 3.05) is 7.11 Å². The van der Waals surface area contributed by atoms with Gasteiger partial charge in [-0.05, 0) is 35.9 Å². The topological polar surface area (TPSA) is 67.2 Å². The summed E-state index contributed by atoms with van der Waals surface area (Å²) in [5.74, 6) is -0.0540. The number of benzene rings is 2. The molecule has 0 fully saturated rings.